The third-order valence-electron chi connectivity index (χ3n) is 6.39. The van der Waals surface area contributed by atoms with Gasteiger partial charge in [0, 0.05) is 6.54 Å². The Morgan fingerprint density at radius 3 is 2.52 bits per heavy atom. The molecule has 4 rings (SSSR count). The van der Waals surface area contributed by atoms with Gasteiger partial charge in [0.2, 0.25) is 0 Å². The highest BCUT2D eigenvalue weighted by Gasteiger charge is 2.35. The van der Waals surface area contributed by atoms with E-state index in [0.29, 0.717) is 24.4 Å². The Kier molecular flexibility index (Phi) is 6.24. The Labute approximate surface area is 195 Å². The number of nitrogens with zero attached hydrogens (tertiary/aromatic N) is 3. The number of rotatable bonds is 7. The highest BCUT2D eigenvalue weighted by Crippen LogP contribution is 2.34. The number of aliphatic hydroxyl groups is 1. The van der Waals surface area contributed by atoms with E-state index in [1.165, 1.54) is 4.31 Å². The maximum atomic E-state index is 13.5. The highest BCUT2D eigenvalue weighted by molar-refractivity contribution is 7.93. The van der Waals surface area contributed by atoms with Crippen LogP contribution in [-0.4, -0.2) is 42.6 Å². The third kappa shape index (κ3) is 4.25. The van der Waals surface area contributed by atoms with Crippen molar-refractivity contribution in [3.05, 3.63) is 70.0 Å². The lowest BCUT2D eigenvalue weighted by Crippen LogP contribution is -2.30. The molecule has 3 aromatic rings. The van der Waals surface area contributed by atoms with Gasteiger partial charge in [0.15, 0.2) is 0 Å². The molecule has 7 nitrogen and oxygen atoms in total. The van der Waals surface area contributed by atoms with Crippen LogP contribution in [0, 0.1) is 34.6 Å². The zero-order valence-electron chi connectivity index (χ0n) is 19.8. The van der Waals surface area contributed by atoms with Crippen molar-refractivity contribution in [3.63, 3.8) is 0 Å². The topological polar surface area (TPSA) is 84.7 Å². The maximum Gasteiger partial charge on any atom is 0.268 e. The largest absolute Gasteiger partial charge is 0.490 e. The molecule has 1 unspecified atom stereocenters. The van der Waals surface area contributed by atoms with Crippen LogP contribution in [0.4, 0.5) is 5.69 Å². The van der Waals surface area contributed by atoms with Crippen molar-refractivity contribution in [3.8, 4) is 5.75 Å². The number of aromatic nitrogens is 2. The van der Waals surface area contributed by atoms with Crippen LogP contribution in [0.15, 0.2) is 41.3 Å². The van der Waals surface area contributed by atoms with E-state index in [1.807, 2.05) is 57.2 Å². The number of hydrogen-bond donors (Lipinski definition) is 1. The van der Waals surface area contributed by atoms with Crippen molar-refractivity contribution in [1.29, 1.82) is 0 Å². The molecule has 0 saturated heterocycles. The number of ether oxygens (including phenoxy) is 1. The van der Waals surface area contributed by atoms with Gasteiger partial charge in [0.05, 0.1) is 23.6 Å². The second-order valence-electron chi connectivity index (χ2n) is 8.76. The molecule has 1 aliphatic rings. The first-order valence-corrected chi connectivity index (χ1v) is 12.6. The zero-order chi connectivity index (χ0) is 23.9. The first-order chi connectivity index (χ1) is 15.6. The second kappa shape index (κ2) is 8.83. The quantitative estimate of drug-likeness (QED) is 0.571. The van der Waals surface area contributed by atoms with E-state index in [4.69, 9.17) is 4.74 Å². The number of aliphatic hydroxyl groups excluding tert-OH is 1. The SMILES string of the molecule is Cc1ccc(C)c(OCC(O)Cn2nc(C)c(S(=O)(=O)N3CCc4ccccc43)c2C)c1C. The van der Waals surface area contributed by atoms with Crippen molar-refractivity contribution < 1.29 is 18.3 Å². The lowest BCUT2D eigenvalue weighted by molar-refractivity contribution is 0.0879. The van der Waals surface area contributed by atoms with Gasteiger partial charge in [-0.25, -0.2) is 8.42 Å². The Hall–Kier alpha value is -2.84. The zero-order valence-corrected chi connectivity index (χ0v) is 20.6. The molecule has 0 spiro atoms. The molecule has 1 atom stereocenters. The smallest absolute Gasteiger partial charge is 0.268 e. The van der Waals surface area contributed by atoms with Gasteiger partial charge in [0.1, 0.15) is 23.4 Å². The fraction of sp³-hybridized carbons (Fsp3) is 0.400. The van der Waals surface area contributed by atoms with Crippen LogP contribution in [0.25, 0.3) is 0 Å². The fourth-order valence-electron chi connectivity index (χ4n) is 4.48. The van der Waals surface area contributed by atoms with E-state index < -0.39 is 16.1 Å². The van der Waals surface area contributed by atoms with Gasteiger partial charge >= 0.3 is 0 Å². The van der Waals surface area contributed by atoms with Gasteiger partial charge in [-0.05, 0) is 69.4 Å². The van der Waals surface area contributed by atoms with Crippen LogP contribution in [0.1, 0.15) is 33.6 Å². The Morgan fingerprint density at radius 2 is 1.76 bits per heavy atom. The summed E-state index contributed by atoms with van der Waals surface area (Å²) in [6, 6.07) is 11.6. The summed E-state index contributed by atoms with van der Waals surface area (Å²) in [5.74, 6) is 0.776. The van der Waals surface area contributed by atoms with Crippen LogP contribution in [0.5, 0.6) is 5.75 Å². The lowest BCUT2D eigenvalue weighted by atomic mass is 10.1. The number of hydrogen-bond acceptors (Lipinski definition) is 5. The van der Waals surface area contributed by atoms with Gasteiger partial charge in [-0.3, -0.25) is 8.99 Å². The van der Waals surface area contributed by atoms with Crippen molar-refractivity contribution in [2.75, 3.05) is 17.5 Å². The normalized spacial score (nSPS) is 14.4. The molecule has 0 saturated carbocycles. The summed E-state index contributed by atoms with van der Waals surface area (Å²) < 4.78 is 36.0. The number of anilines is 1. The number of aryl methyl sites for hydroxylation is 3. The Balaban J connectivity index is 1.53. The number of sulfonamides is 1. The predicted octanol–water partition coefficient (Wildman–Crippen LogP) is 3.62. The molecule has 176 valence electrons. The molecule has 0 fully saturated rings. The minimum absolute atomic E-state index is 0.0884. The average molecular weight is 470 g/mol. The van der Waals surface area contributed by atoms with Gasteiger partial charge in [0.25, 0.3) is 10.0 Å². The molecule has 0 aliphatic carbocycles. The van der Waals surface area contributed by atoms with Crippen LogP contribution in [-0.2, 0) is 23.0 Å². The minimum Gasteiger partial charge on any atom is -0.490 e. The first-order valence-electron chi connectivity index (χ1n) is 11.1. The van der Waals surface area contributed by atoms with E-state index in [0.717, 1.165) is 33.7 Å². The van der Waals surface area contributed by atoms with Crippen molar-refractivity contribution in [2.45, 2.75) is 58.6 Å². The van der Waals surface area contributed by atoms with E-state index in [1.54, 1.807) is 18.5 Å². The molecule has 2 heterocycles. The minimum atomic E-state index is -3.76. The summed E-state index contributed by atoms with van der Waals surface area (Å²) >= 11 is 0. The standard InChI is InChI=1S/C25H31N3O4S/c1-16-10-11-17(2)24(18(16)3)32-15-22(29)14-27-20(5)25(19(4)26-27)33(30,31)28-13-12-21-8-6-7-9-23(21)28/h6-11,22,29H,12-15H2,1-5H3. The average Bonchev–Trinajstić information content (AvgIpc) is 3.32. The highest BCUT2D eigenvalue weighted by atomic mass is 32.2. The molecular formula is C25H31N3O4S. The van der Waals surface area contributed by atoms with Crippen molar-refractivity contribution in [2.24, 2.45) is 0 Å². The summed E-state index contributed by atoms with van der Waals surface area (Å²) in [6.07, 6.45) is -0.152. The van der Waals surface area contributed by atoms with Gasteiger partial charge in [-0.15, -0.1) is 0 Å². The van der Waals surface area contributed by atoms with Crippen molar-refractivity contribution in [1.82, 2.24) is 9.78 Å². The monoisotopic (exact) mass is 469 g/mol. The van der Waals surface area contributed by atoms with Gasteiger partial charge in [-0.1, -0.05) is 30.3 Å². The van der Waals surface area contributed by atoms with E-state index >= 15 is 0 Å². The fourth-order valence-corrected chi connectivity index (χ4v) is 6.36. The molecule has 33 heavy (non-hydrogen) atoms. The number of benzene rings is 2. The second-order valence-corrected chi connectivity index (χ2v) is 10.6. The molecule has 1 N–H and O–H groups in total. The van der Waals surface area contributed by atoms with E-state index in [2.05, 4.69) is 5.10 Å². The molecule has 0 bridgehead atoms. The lowest BCUT2D eigenvalue weighted by Gasteiger charge is -2.20. The Bertz CT molecular complexity index is 1300. The van der Waals surface area contributed by atoms with E-state index in [-0.39, 0.29) is 18.0 Å². The molecule has 1 aromatic heterocycles. The first kappa shape index (κ1) is 23.3. The summed E-state index contributed by atoms with van der Waals surface area (Å²) in [5, 5.41) is 15.1. The van der Waals surface area contributed by atoms with Gasteiger partial charge < -0.3 is 9.84 Å². The molecule has 0 radical (unpaired) electrons. The maximum absolute atomic E-state index is 13.5. The number of fused-ring (bicyclic) bond motifs is 1. The van der Waals surface area contributed by atoms with Crippen molar-refractivity contribution >= 4 is 15.7 Å². The van der Waals surface area contributed by atoms with Crippen LogP contribution >= 0.6 is 0 Å². The van der Waals surface area contributed by atoms with Crippen LogP contribution in [0.3, 0.4) is 0 Å². The molecular weight excluding hydrogens is 438 g/mol. The summed E-state index contributed by atoms with van der Waals surface area (Å²) in [6.45, 7) is 10.1. The summed E-state index contributed by atoms with van der Waals surface area (Å²) in [4.78, 5) is 0.206. The molecule has 0 amide bonds. The Morgan fingerprint density at radius 1 is 1.06 bits per heavy atom. The third-order valence-corrected chi connectivity index (χ3v) is 8.45. The molecule has 2 aromatic carbocycles. The molecule has 1 aliphatic heterocycles. The van der Waals surface area contributed by atoms with Gasteiger partial charge in [-0.2, -0.15) is 5.10 Å². The van der Waals surface area contributed by atoms with Crippen LogP contribution in [0.2, 0.25) is 0 Å². The predicted molar refractivity (Wildman–Crippen MR) is 129 cm³/mol. The van der Waals surface area contributed by atoms with Crippen LogP contribution < -0.4 is 9.04 Å². The van der Waals surface area contributed by atoms with E-state index in [9.17, 15) is 13.5 Å². The molecule has 8 heteroatoms. The number of para-hydroxylation sites is 1. The summed E-state index contributed by atoms with van der Waals surface area (Å²) in [5.41, 5.74) is 5.87. The summed E-state index contributed by atoms with van der Waals surface area (Å²) in [7, 11) is -3.76.